The third-order valence-corrected chi connectivity index (χ3v) is 4.02. The summed E-state index contributed by atoms with van der Waals surface area (Å²) in [6.07, 6.45) is 0.103. The minimum absolute atomic E-state index is 0.103. The van der Waals surface area contributed by atoms with E-state index in [1.54, 1.807) is 30.3 Å². The second-order valence-electron chi connectivity index (χ2n) is 5.68. The van der Waals surface area contributed by atoms with Crippen LogP contribution in [0.1, 0.15) is 16.8 Å². The highest BCUT2D eigenvalue weighted by Crippen LogP contribution is 2.31. The summed E-state index contributed by atoms with van der Waals surface area (Å²) in [6, 6.07) is 13.6. The molecule has 1 aromatic heterocycles. The van der Waals surface area contributed by atoms with E-state index >= 15 is 0 Å². The van der Waals surface area contributed by atoms with Crippen molar-refractivity contribution < 1.29 is 9.50 Å². The summed E-state index contributed by atoms with van der Waals surface area (Å²) in [4.78, 5) is 12.5. The molecule has 0 fully saturated rings. The minimum atomic E-state index is -0.390. The molecule has 0 unspecified atom stereocenters. The van der Waals surface area contributed by atoms with Gasteiger partial charge in [0, 0.05) is 13.5 Å². The van der Waals surface area contributed by atoms with Crippen molar-refractivity contribution in [1.82, 2.24) is 9.78 Å². The van der Waals surface area contributed by atoms with Gasteiger partial charge in [0.1, 0.15) is 11.5 Å². The Morgan fingerprint density at radius 3 is 2.50 bits per heavy atom. The van der Waals surface area contributed by atoms with Crippen LogP contribution < -0.4 is 5.56 Å². The van der Waals surface area contributed by atoms with Gasteiger partial charge in [-0.25, -0.2) is 9.07 Å². The Labute approximate surface area is 138 Å². The van der Waals surface area contributed by atoms with E-state index in [2.05, 4.69) is 5.10 Å². The normalized spacial score (nSPS) is 10.8. The van der Waals surface area contributed by atoms with Gasteiger partial charge in [-0.1, -0.05) is 42.5 Å². The van der Waals surface area contributed by atoms with Crippen LogP contribution in [0, 0.1) is 12.7 Å². The molecule has 0 aliphatic rings. The summed E-state index contributed by atoms with van der Waals surface area (Å²) >= 11 is 0. The molecule has 3 aromatic rings. The quantitative estimate of drug-likeness (QED) is 0.805. The van der Waals surface area contributed by atoms with E-state index in [0.717, 1.165) is 5.56 Å². The van der Waals surface area contributed by atoms with Crippen LogP contribution in [-0.4, -0.2) is 14.9 Å². The third kappa shape index (κ3) is 2.80. The van der Waals surface area contributed by atoms with Crippen LogP contribution >= 0.6 is 0 Å². The fourth-order valence-electron chi connectivity index (χ4n) is 2.72. The lowest BCUT2D eigenvalue weighted by molar-refractivity contribution is 0.457. The fourth-order valence-corrected chi connectivity index (χ4v) is 2.72. The first kappa shape index (κ1) is 15.9. The summed E-state index contributed by atoms with van der Waals surface area (Å²) < 4.78 is 15.1. The van der Waals surface area contributed by atoms with Crippen LogP contribution in [0.4, 0.5) is 4.39 Å². The minimum Gasteiger partial charge on any atom is -0.505 e. The van der Waals surface area contributed by atoms with Crippen LogP contribution in [0.25, 0.3) is 11.1 Å². The zero-order chi connectivity index (χ0) is 17.3. The second kappa shape index (κ2) is 6.28. The molecule has 0 saturated carbocycles. The molecule has 4 nitrogen and oxygen atoms in total. The molecule has 0 saturated heterocycles. The molecule has 24 heavy (non-hydrogen) atoms. The predicted octanol–water partition coefficient (Wildman–Crippen LogP) is 3.19. The first-order chi connectivity index (χ1) is 11.5. The van der Waals surface area contributed by atoms with Gasteiger partial charge < -0.3 is 5.11 Å². The number of benzene rings is 2. The van der Waals surface area contributed by atoms with Crippen molar-refractivity contribution in [2.45, 2.75) is 13.3 Å². The first-order valence-corrected chi connectivity index (χ1v) is 7.57. The van der Waals surface area contributed by atoms with Crippen molar-refractivity contribution in [2.75, 3.05) is 0 Å². The molecule has 0 atom stereocenters. The largest absolute Gasteiger partial charge is 0.505 e. The maximum absolute atomic E-state index is 13.9. The molecule has 0 bridgehead atoms. The SMILES string of the molecule is Cc1ccccc1-c1c(O)c(Cc2ccccc2F)nn(C)c1=O. The van der Waals surface area contributed by atoms with Crippen molar-refractivity contribution >= 4 is 0 Å². The maximum Gasteiger partial charge on any atom is 0.278 e. The Hall–Kier alpha value is -2.95. The summed E-state index contributed by atoms with van der Waals surface area (Å²) in [6.45, 7) is 1.87. The predicted molar refractivity (Wildman–Crippen MR) is 90.5 cm³/mol. The van der Waals surface area contributed by atoms with E-state index in [0.29, 0.717) is 11.1 Å². The van der Waals surface area contributed by atoms with Crippen LogP contribution in [0.2, 0.25) is 0 Å². The molecule has 0 amide bonds. The number of aryl methyl sites for hydroxylation is 2. The third-order valence-electron chi connectivity index (χ3n) is 4.02. The topological polar surface area (TPSA) is 55.1 Å². The summed E-state index contributed by atoms with van der Waals surface area (Å²) in [7, 11) is 1.52. The van der Waals surface area contributed by atoms with Crippen molar-refractivity contribution in [1.29, 1.82) is 0 Å². The van der Waals surface area contributed by atoms with Crippen LogP contribution in [-0.2, 0) is 13.5 Å². The second-order valence-corrected chi connectivity index (χ2v) is 5.68. The number of hydrogen-bond donors (Lipinski definition) is 1. The fraction of sp³-hybridized carbons (Fsp3) is 0.158. The van der Waals surface area contributed by atoms with Crippen molar-refractivity contribution in [3.63, 3.8) is 0 Å². The number of aromatic nitrogens is 2. The monoisotopic (exact) mass is 324 g/mol. The summed E-state index contributed by atoms with van der Waals surface area (Å²) in [5.74, 6) is -0.569. The molecule has 0 spiro atoms. The molecule has 1 heterocycles. The zero-order valence-corrected chi connectivity index (χ0v) is 13.5. The van der Waals surface area contributed by atoms with Gasteiger partial charge in [0.25, 0.3) is 5.56 Å². The number of nitrogens with zero attached hydrogens (tertiary/aromatic N) is 2. The smallest absolute Gasteiger partial charge is 0.278 e. The first-order valence-electron chi connectivity index (χ1n) is 7.57. The van der Waals surface area contributed by atoms with Crippen LogP contribution in [0.5, 0.6) is 5.75 Å². The van der Waals surface area contributed by atoms with Gasteiger partial charge in [0.15, 0.2) is 5.75 Å². The molecule has 122 valence electrons. The molecule has 3 rings (SSSR count). The van der Waals surface area contributed by atoms with Crippen molar-refractivity contribution in [2.24, 2.45) is 7.05 Å². The average Bonchev–Trinajstić information content (AvgIpc) is 2.56. The standard InChI is InChI=1S/C19H17FN2O2/c1-12-7-3-5-9-14(12)17-18(23)16(21-22(2)19(17)24)11-13-8-4-6-10-15(13)20/h3-10,23H,11H2,1-2H3. The number of hydrogen-bond acceptors (Lipinski definition) is 3. The average molecular weight is 324 g/mol. The zero-order valence-electron chi connectivity index (χ0n) is 13.5. The Balaban J connectivity index is 2.19. The van der Waals surface area contributed by atoms with Gasteiger partial charge in [-0.3, -0.25) is 4.79 Å². The highest BCUT2D eigenvalue weighted by molar-refractivity contribution is 5.72. The molecule has 1 N–H and O–H groups in total. The number of halogens is 1. The van der Waals surface area contributed by atoms with Gasteiger partial charge in [-0.2, -0.15) is 5.10 Å². The van der Waals surface area contributed by atoms with Gasteiger partial charge in [0.05, 0.1) is 5.56 Å². The van der Waals surface area contributed by atoms with Crippen molar-refractivity contribution in [3.05, 3.63) is 81.5 Å². The highest BCUT2D eigenvalue weighted by Gasteiger charge is 2.19. The Morgan fingerprint density at radius 2 is 1.79 bits per heavy atom. The van der Waals surface area contributed by atoms with E-state index in [9.17, 15) is 14.3 Å². The van der Waals surface area contributed by atoms with Gasteiger partial charge in [0.2, 0.25) is 0 Å². The van der Waals surface area contributed by atoms with E-state index < -0.39 is 0 Å². The summed E-state index contributed by atoms with van der Waals surface area (Å²) in [5.41, 5.74) is 1.99. The van der Waals surface area contributed by atoms with E-state index in [1.165, 1.54) is 17.8 Å². The van der Waals surface area contributed by atoms with Crippen LogP contribution in [0.3, 0.4) is 0 Å². The van der Waals surface area contributed by atoms with Gasteiger partial charge >= 0.3 is 0 Å². The van der Waals surface area contributed by atoms with E-state index in [4.69, 9.17) is 0 Å². The van der Waals surface area contributed by atoms with Gasteiger partial charge in [-0.05, 0) is 29.7 Å². The van der Waals surface area contributed by atoms with Crippen molar-refractivity contribution in [3.8, 4) is 16.9 Å². The van der Waals surface area contributed by atoms with Crippen LogP contribution in [0.15, 0.2) is 53.3 Å². The molecule has 5 heteroatoms. The number of rotatable bonds is 3. The van der Waals surface area contributed by atoms with E-state index in [1.807, 2.05) is 19.1 Å². The Bertz CT molecular complexity index is 964. The molecular weight excluding hydrogens is 307 g/mol. The van der Waals surface area contributed by atoms with E-state index in [-0.39, 0.29) is 34.8 Å². The lowest BCUT2D eigenvalue weighted by Crippen LogP contribution is -2.23. The molecular formula is C19H17FN2O2. The molecule has 0 aliphatic carbocycles. The molecule has 2 aromatic carbocycles. The Morgan fingerprint density at radius 1 is 1.12 bits per heavy atom. The Kier molecular flexibility index (Phi) is 4.16. The number of aromatic hydroxyl groups is 1. The highest BCUT2D eigenvalue weighted by atomic mass is 19.1. The maximum atomic E-state index is 13.9. The summed E-state index contributed by atoms with van der Waals surface area (Å²) in [5, 5.41) is 14.7. The van der Waals surface area contributed by atoms with Gasteiger partial charge in [-0.15, -0.1) is 0 Å². The lowest BCUT2D eigenvalue weighted by atomic mass is 9.99. The molecule has 0 aliphatic heterocycles. The lowest BCUT2D eigenvalue weighted by Gasteiger charge is -2.13. The molecule has 0 radical (unpaired) electrons.